The molecule has 0 aliphatic rings. The van der Waals surface area contributed by atoms with Gasteiger partial charge in [-0.15, -0.1) is 0 Å². The van der Waals surface area contributed by atoms with Crippen LogP contribution in [0.3, 0.4) is 0 Å². The molecule has 3 rings (SSSR count). The average Bonchev–Trinajstić information content (AvgIpc) is 2.87. The molecule has 0 atom stereocenters. The Morgan fingerprint density at radius 3 is 2.45 bits per heavy atom. The van der Waals surface area contributed by atoms with Crippen LogP contribution >= 0.6 is 11.6 Å². The summed E-state index contributed by atoms with van der Waals surface area (Å²) in [5.74, 6) is 0. The first-order chi connectivity index (χ1) is 10.4. The van der Waals surface area contributed by atoms with Crippen LogP contribution in [0.15, 0.2) is 48.8 Å². The lowest BCUT2D eigenvalue weighted by Crippen LogP contribution is -2.20. The lowest BCUT2D eigenvalue weighted by molar-refractivity contribution is 0.0665. The molecule has 3 nitrogen and oxygen atoms in total. The largest absolute Gasteiger partial charge is 0.390 e. The number of benzene rings is 2. The topological polar surface area (TPSA) is 38.0 Å². The number of fused-ring (bicyclic) bond motifs is 1. The molecule has 3 aromatic rings. The Kier molecular flexibility index (Phi) is 3.94. The predicted octanol–water partition coefficient (Wildman–Crippen LogP) is 4.52. The second-order valence-electron chi connectivity index (χ2n) is 6.21. The number of imidazole rings is 1. The van der Waals surface area contributed by atoms with E-state index in [1.807, 2.05) is 44.4 Å². The Labute approximate surface area is 135 Å². The molecule has 22 heavy (non-hydrogen) atoms. The molecule has 0 aliphatic heterocycles. The van der Waals surface area contributed by atoms with Gasteiger partial charge in [-0.3, -0.25) is 0 Å². The Morgan fingerprint density at radius 1 is 1.09 bits per heavy atom. The summed E-state index contributed by atoms with van der Waals surface area (Å²) in [6, 6.07) is 14.1. The minimum Gasteiger partial charge on any atom is -0.390 e. The molecule has 1 aromatic heterocycles. The highest BCUT2D eigenvalue weighted by Crippen LogP contribution is 2.25. The highest BCUT2D eigenvalue weighted by Gasteiger charge is 2.13. The highest BCUT2D eigenvalue weighted by atomic mass is 35.5. The van der Waals surface area contributed by atoms with E-state index >= 15 is 0 Å². The number of hydrogen-bond acceptors (Lipinski definition) is 2. The fraction of sp³-hybridized carbons (Fsp3) is 0.278. The number of hydrogen-bond donors (Lipinski definition) is 1. The lowest BCUT2D eigenvalue weighted by Gasteiger charge is -2.17. The van der Waals surface area contributed by atoms with Gasteiger partial charge in [0.05, 0.1) is 23.0 Å². The van der Waals surface area contributed by atoms with Gasteiger partial charge in [-0.1, -0.05) is 29.8 Å². The summed E-state index contributed by atoms with van der Waals surface area (Å²) in [6.07, 6.45) is 2.53. The first kappa shape index (κ1) is 15.1. The number of aliphatic hydroxyl groups is 1. The molecule has 0 saturated heterocycles. The Balaban J connectivity index is 1.90. The highest BCUT2D eigenvalue weighted by molar-refractivity contribution is 6.30. The summed E-state index contributed by atoms with van der Waals surface area (Å²) in [5.41, 5.74) is 3.62. The van der Waals surface area contributed by atoms with Crippen LogP contribution in [0.5, 0.6) is 0 Å². The van der Waals surface area contributed by atoms with E-state index in [0.717, 1.165) is 33.7 Å². The van der Waals surface area contributed by atoms with Crippen molar-refractivity contribution in [2.45, 2.75) is 32.4 Å². The summed E-state index contributed by atoms with van der Waals surface area (Å²) in [6.45, 7) is 4.40. The zero-order valence-corrected chi connectivity index (χ0v) is 13.5. The monoisotopic (exact) mass is 314 g/mol. The van der Waals surface area contributed by atoms with Crippen LogP contribution in [-0.2, 0) is 6.54 Å². The summed E-state index contributed by atoms with van der Waals surface area (Å²) in [7, 11) is 0. The van der Waals surface area contributed by atoms with Gasteiger partial charge in [0.25, 0.3) is 0 Å². The normalized spacial score (nSPS) is 12.0. The van der Waals surface area contributed by atoms with Gasteiger partial charge in [-0.25, -0.2) is 4.98 Å². The van der Waals surface area contributed by atoms with Crippen LogP contribution in [0.2, 0.25) is 5.02 Å². The van der Waals surface area contributed by atoms with Crippen molar-refractivity contribution in [1.82, 2.24) is 9.55 Å². The molecule has 0 amide bonds. The van der Waals surface area contributed by atoms with Gasteiger partial charge in [0.1, 0.15) is 0 Å². The van der Waals surface area contributed by atoms with E-state index in [2.05, 4.69) is 27.8 Å². The fourth-order valence-corrected chi connectivity index (χ4v) is 2.58. The summed E-state index contributed by atoms with van der Waals surface area (Å²) in [5, 5.41) is 10.6. The van der Waals surface area contributed by atoms with E-state index in [0.29, 0.717) is 6.42 Å². The van der Waals surface area contributed by atoms with E-state index in [-0.39, 0.29) is 0 Å². The van der Waals surface area contributed by atoms with Crippen molar-refractivity contribution in [2.24, 2.45) is 0 Å². The molecule has 1 heterocycles. The van der Waals surface area contributed by atoms with E-state index in [1.54, 1.807) is 0 Å². The molecule has 0 aliphatic carbocycles. The lowest BCUT2D eigenvalue weighted by atomic mass is 10.0. The van der Waals surface area contributed by atoms with Crippen LogP contribution in [0.25, 0.3) is 22.2 Å². The zero-order chi connectivity index (χ0) is 15.7. The Hall–Kier alpha value is -1.84. The SMILES string of the molecule is CC(C)(O)CCn1cnc2cc(-c3ccc(Cl)cc3)ccc21. The van der Waals surface area contributed by atoms with Gasteiger partial charge in [0.2, 0.25) is 0 Å². The molecular weight excluding hydrogens is 296 g/mol. The molecule has 0 bridgehead atoms. The van der Waals surface area contributed by atoms with E-state index in [1.165, 1.54) is 0 Å². The van der Waals surface area contributed by atoms with Gasteiger partial charge in [0.15, 0.2) is 0 Å². The Bertz CT molecular complexity index is 785. The van der Waals surface area contributed by atoms with E-state index in [4.69, 9.17) is 11.6 Å². The molecule has 0 saturated carbocycles. The molecule has 0 fully saturated rings. The zero-order valence-electron chi connectivity index (χ0n) is 12.8. The average molecular weight is 315 g/mol. The number of aromatic nitrogens is 2. The minimum absolute atomic E-state index is 0.667. The third kappa shape index (κ3) is 3.32. The van der Waals surface area contributed by atoms with Gasteiger partial charge in [0, 0.05) is 11.6 Å². The first-order valence-corrected chi connectivity index (χ1v) is 7.73. The molecule has 0 unspecified atom stereocenters. The van der Waals surface area contributed by atoms with Gasteiger partial charge in [-0.2, -0.15) is 0 Å². The predicted molar refractivity (Wildman–Crippen MR) is 91.1 cm³/mol. The van der Waals surface area contributed by atoms with Crippen molar-refractivity contribution in [2.75, 3.05) is 0 Å². The second-order valence-corrected chi connectivity index (χ2v) is 6.65. The molecular formula is C18H19ClN2O. The maximum Gasteiger partial charge on any atom is 0.0958 e. The van der Waals surface area contributed by atoms with Gasteiger partial charge in [-0.05, 0) is 55.7 Å². The summed E-state index contributed by atoms with van der Waals surface area (Å²) < 4.78 is 2.08. The van der Waals surface area contributed by atoms with Crippen molar-refractivity contribution in [3.05, 3.63) is 53.8 Å². The van der Waals surface area contributed by atoms with Crippen molar-refractivity contribution < 1.29 is 5.11 Å². The second kappa shape index (κ2) is 5.75. The van der Waals surface area contributed by atoms with Gasteiger partial charge >= 0.3 is 0 Å². The summed E-state index contributed by atoms with van der Waals surface area (Å²) in [4.78, 5) is 4.48. The van der Waals surface area contributed by atoms with E-state index < -0.39 is 5.60 Å². The Morgan fingerprint density at radius 2 is 1.77 bits per heavy atom. The smallest absolute Gasteiger partial charge is 0.0958 e. The third-order valence-electron chi connectivity index (χ3n) is 3.76. The third-order valence-corrected chi connectivity index (χ3v) is 4.02. The molecule has 114 valence electrons. The van der Waals surface area contributed by atoms with Crippen LogP contribution < -0.4 is 0 Å². The first-order valence-electron chi connectivity index (χ1n) is 7.36. The van der Waals surface area contributed by atoms with Crippen molar-refractivity contribution >= 4 is 22.6 Å². The van der Waals surface area contributed by atoms with Crippen LogP contribution in [0.1, 0.15) is 20.3 Å². The van der Waals surface area contributed by atoms with E-state index in [9.17, 15) is 5.11 Å². The standard InChI is InChI=1S/C18H19ClN2O/c1-18(2,22)9-10-21-12-20-16-11-14(5-8-17(16)21)13-3-6-15(19)7-4-13/h3-8,11-12,22H,9-10H2,1-2H3. The number of rotatable bonds is 4. The number of halogens is 1. The molecule has 1 N–H and O–H groups in total. The van der Waals surface area contributed by atoms with Crippen molar-refractivity contribution in [3.63, 3.8) is 0 Å². The maximum atomic E-state index is 9.86. The fourth-order valence-electron chi connectivity index (χ4n) is 2.46. The summed E-state index contributed by atoms with van der Waals surface area (Å²) >= 11 is 5.93. The molecule has 0 radical (unpaired) electrons. The minimum atomic E-state index is -0.667. The quantitative estimate of drug-likeness (QED) is 0.769. The van der Waals surface area contributed by atoms with Gasteiger partial charge < -0.3 is 9.67 Å². The molecule has 4 heteroatoms. The van der Waals surface area contributed by atoms with Crippen LogP contribution in [-0.4, -0.2) is 20.3 Å². The number of aryl methyl sites for hydroxylation is 1. The van der Waals surface area contributed by atoms with Crippen LogP contribution in [0.4, 0.5) is 0 Å². The van der Waals surface area contributed by atoms with Crippen molar-refractivity contribution in [3.8, 4) is 11.1 Å². The molecule has 2 aromatic carbocycles. The maximum absolute atomic E-state index is 9.86. The molecule has 0 spiro atoms. The van der Waals surface area contributed by atoms with Crippen LogP contribution in [0, 0.1) is 0 Å². The number of nitrogens with zero attached hydrogens (tertiary/aromatic N) is 2. The van der Waals surface area contributed by atoms with Crippen molar-refractivity contribution in [1.29, 1.82) is 0 Å².